The van der Waals surface area contributed by atoms with Gasteiger partial charge in [-0.1, -0.05) is 30.3 Å². The summed E-state index contributed by atoms with van der Waals surface area (Å²) >= 11 is 0. The normalized spacial score (nSPS) is 12.0. The van der Waals surface area contributed by atoms with E-state index in [-0.39, 0.29) is 24.9 Å². The predicted octanol–water partition coefficient (Wildman–Crippen LogP) is 3.01. The number of amides is 1. The molecule has 2 rings (SSSR count). The maximum atomic E-state index is 13.5. The number of nitrogens with one attached hydrogen (secondary N) is 2. The highest BCUT2D eigenvalue weighted by Crippen LogP contribution is 2.18. The van der Waals surface area contributed by atoms with E-state index in [0.29, 0.717) is 12.8 Å². The largest absolute Gasteiger partial charge is 0.396 e. The minimum atomic E-state index is -0.690. The number of hydrogen-bond acceptors (Lipinski definition) is 3. The Morgan fingerprint density at radius 2 is 1.88 bits per heavy atom. The van der Waals surface area contributed by atoms with Crippen LogP contribution in [0.2, 0.25) is 0 Å². The van der Waals surface area contributed by atoms with Crippen LogP contribution in [0.15, 0.2) is 48.5 Å². The number of aliphatic hydroxyl groups excluding tert-OH is 1. The first-order chi connectivity index (χ1) is 11.6. The first kappa shape index (κ1) is 18.0. The molecule has 0 fully saturated rings. The molecule has 0 spiro atoms. The van der Waals surface area contributed by atoms with Crippen LogP contribution in [0.25, 0.3) is 0 Å². The molecule has 0 saturated carbocycles. The summed E-state index contributed by atoms with van der Waals surface area (Å²) in [5.74, 6) is -1.78. The standard InChI is InChI=1S/C18H20F2N2O2/c19-14-8-9-15(20)17(11-14)22-18(24)12-21-16(7-4-10-23)13-5-2-1-3-6-13/h1-3,5-6,8-9,11,16,21,23H,4,7,10,12H2,(H,22,24). The van der Waals surface area contributed by atoms with Gasteiger partial charge < -0.3 is 15.7 Å². The maximum absolute atomic E-state index is 13.5. The molecule has 4 nitrogen and oxygen atoms in total. The smallest absolute Gasteiger partial charge is 0.238 e. The maximum Gasteiger partial charge on any atom is 0.238 e. The highest BCUT2D eigenvalue weighted by molar-refractivity contribution is 5.92. The molecule has 0 bridgehead atoms. The zero-order valence-electron chi connectivity index (χ0n) is 13.1. The minimum Gasteiger partial charge on any atom is -0.396 e. The molecular weight excluding hydrogens is 314 g/mol. The molecule has 24 heavy (non-hydrogen) atoms. The Balaban J connectivity index is 1.95. The van der Waals surface area contributed by atoms with Gasteiger partial charge in [0, 0.05) is 18.7 Å². The predicted molar refractivity (Wildman–Crippen MR) is 88.5 cm³/mol. The number of aliphatic hydroxyl groups is 1. The van der Waals surface area contributed by atoms with E-state index in [1.165, 1.54) is 0 Å². The van der Waals surface area contributed by atoms with Crippen molar-refractivity contribution in [2.75, 3.05) is 18.5 Å². The Morgan fingerprint density at radius 1 is 1.12 bits per heavy atom. The van der Waals surface area contributed by atoms with E-state index in [0.717, 1.165) is 23.8 Å². The van der Waals surface area contributed by atoms with Gasteiger partial charge in [0.15, 0.2) is 0 Å². The summed E-state index contributed by atoms with van der Waals surface area (Å²) in [6.45, 7) is 0.00660. The van der Waals surface area contributed by atoms with E-state index in [1.54, 1.807) is 0 Å². The molecule has 2 aromatic rings. The van der Waals surface area contributed by atoms with Crippen molar-refractivity contribution >= 4 is 11.6 Å². The second-order valence-corrected chi connectivity index (χ2v) is 5.38. The summed E-state index contributed by atoms with van der Waals surface area (Å²) in [7, 11) is 0. The van der Waals surface area contributed by atoms with Crippen molar-refractivity contribution in [3.05, 3.63) is 65.7 Å². The summed E-state index contributed by atoms with van der Waals surface area (Å²) in [5, 5.41) is 14.4. The lowest BCUT2D eigenvalue weighted by Crippen LogP contribution is -2.31. The van der Waals surface area contributed by atoms with Crippen LogP contribution in [-0.2, 0) is 4.79 Å². The van der Waals surface area contributed by atoms with Crippen molar-refractivity contribution in [1.29, 1.82) is 0 Å². The number of anilines is 1. The third-order valence-corrected chi connectivity index (χ3v) is 3.56. The first-order valence-electron chi connectivity index (χ1n) is 7.74. The van der Waals surface area contributed by atoms with Crippen LogP contribution in [0.4, 0.5) is 14.5 Å². The Bertz CT molecular complexity index is 665. The van der Waals surface area contributed by atoms with Crippen molar-refractivity contribution in [2.45, 2.75) is 18.9 Å². The molecule has 0 aliphatic rings. The zero-order valence-corrected chi connectivity index (χ0v) is 13.1. The first-order valence-corrected chi connectivity index (χ1v) is 7.74. The fourth-order valence-electron chi connectivity index (χ4n) is 2.37. The summed E-state index contributed by atoms with van der Waals surface area (Å²) in [6.07, 6.45) is 1.24. The summed E-state index contributed by atoms with van der Waals surface area (Å²) in [5.41, 5.74) is 0.809. The van der Waals surface area contributed by atoms with E-state index in [2.05, 4.69) is 10.6 Å². The average Bonchev–Trinajstić information content (AvgIpc) is 2.59. The monoisotopic (exact) mass is 334 g/mol. The molecule has 0 aliphatic carbocycles. The van der Waals surface area contributed by atoms with Gasteiger partial charge in [0.25, 0.3) is 0 Å². The summed E-state index contributed by atoms with van der Waals surface area (Å²) < 4.78 is 26.6. The second kappa shape index (κ2) is 9.10. The molecule has 1 unspecified atom stereocenters. The van der Waals surface area contributed by atoms with E-state index in [1.807, 2.05) is 30.3 Å². The van der Waals surface area contributed by atoms with Crippen LogP contribution in [0, 0.1) is 11.6 Å². The van der Waals surface area contributed by atoms with E-state index >= 15 is 0 Å². The van der Waals surface area contributed by atoms with Gasteiger partial charge in [-0.25, -0.2) is 8.78 Å². The Morgan fingerprint density at radius 3 is 2.58 bits per heavy atom. The number of hydrogen-bond donors (Lipinski definition) is 3. The quantitative estimate of drug-likeness (QED) is 0.695. The Kier molecular flexibility index (Phi) is 6.84. The van der Waals surface area contributed by atoms with Crippen molar-refractivity contribution in [3.8, 4) is 0 Å². The molecule has 2 aromatic carbocycles. The third kappa shape index (κ3) is 5.40. The lowest BCUT2D eigenvalue weighted by atomic mass is 10.0. The van der Waals surface area contributed by atoms with Gasteiger partial charge in [-0.05, 0) is 30.5 Å². The van der Waals surface area contributed by atoms with Gasteiger partial charge in [-0.2, -0.15) is 0 Å². The van der Waals surface area contributed by atoms with Gasteiger partial charge in [0.1, 0.15) is 11.6 Å². The topological polar surface area (TPSA) is 61.4 Å². The molecule has 3 N–H and O–H groups in total. The lowest BCUT2D eigenvalue weighted by molar-refractivity contribution is -0.115. The molecule has 128 valence electrons. The number of halogens is 2. The van der Waals surface area contributed by atoms with Crippen molar-refractivity contribution in [3.63, 3.8) is 0 Å². The van der Waals surface area contributed by atoms with Crippen molar-refractivity contribution < 1.29 is 18.7 Å². The molecule has 0 saturated heterocycles. The van der Waals surface area contributed by atoms with Gasteiger partial charge in [0.2, 0.25) is 5.91 Å². The fraction of sp³-hybridized carbons (Fsp3) is 0.278. The van der Waals surface area contributed by atoms with Crippen LogP contribution in [0.1, 0.15) is 24.4 Å². The van der Waals surface area contributed by atoms with Gasteiger partial charge in [-0.3, -0.25) is 4.79 Å². The molecule has 6 heteroatoms. The van der Waals surface area contributed by atoms with Crippen molar-refractivity contribution in [2.24, 2.45) is 0 Å². The minimum absolute atomic E-state index is 0.0546. The van der Waals surface area contributed by atoms with Crippen LogP contribution >= 0.6 is 0 Å². The van der Waals surface area contributed by atoms with E-state index < -0.39 is 17.5 Å². The van der Waals surface area contributed by atoms with Gasteiger partial charge in [-0.15, -0.1) is 0 Å². The number of carbonyl (C=O) groups excluding carboxylic acids is 1. The molecule has 0 aliphatic heterocycles. The lowest BCUT2D eigenvalue weighted by Gasteiger charge is -2.19. The van der Waals surface area contributed by atoms with Crippen LogP contribution in [-0.4, -0.2) is 24.2 Å². The highest BCUT2D eigenvalue weighted by Gasteiger charge is 2.13. The van der Waals surface area contributed by atoms with Gasteiger partial charge >= 0.3 is 0 Å². The molecular formula is C18H20F2N2O2. The number of benzene rings is 2. The van der Waals surface area contributed by atoms with Crippen LogP contribution in [0.5, 0.6) is 0 Å². The van der Waals surface area contributed by atoms with E-state index in [4.69, 9.17) is 5.11 Å². The Hall–Kier alpha value is -2.31. The van der Waals surface area contributed by atoms with Gasteiger partial charge in [0.05, 0.1) is 12.2 Å². The third-order valence-electron chi connectivity index (χ3n) is 3.56. The molecule has 0 aromatic heterocycles. The second-order valence-electron chi connectivity index (χ2n) is 5.38. The molecule has 0 heterocycles. The molecule has 1 amide bonds. The van der Waals surface area contributed by atoms with E-state index in [9.17, 15) is 13.6 Å². The average molecular weight is 334 g/mol. The number of carbonyl (C=O) groups is 1. The van der Waals surface area contributed by atoms with Crippen molar-refractivity contribution in [1.82, 2.24) is 5.32 Å². The molecule has 1 atom stereocenters. The number of rotatable bonds is 8. The highest BCUT2D eigenvalue weighted by atomic mass is 19.1. The Labute approximate surface area is 139 Å². The summed E-state index contributed by atoms with van der Waals surface area (Å²) in [6, 6.07) is 12.3. The SMILES string of the molecule is O=C(CNC(CCCO)c1ccccc1)Nc1cc(F)ccc1F. The zero-order chi connectivity index (χ0) is 17.4. The molecule has 0 radical (unpaired) electrons. The fourth-order valence-corrected chi connectivity index (χ4v) is 2.37. The van der Waals surface area contributed by atoms with Crippen LogP contribution < -0.4 is 10.6 Å². The summed E-state index contributed by atoms with van der Waals surface area (Å²) in [4.78, 5) is 12.0. The van der Waals surface area contributed by atoms with Crippen LogP contribution in [0.3, 0.4) is 0 Å².